The summed E-state index contributed by atoms with van der Waals surface area (Å²) >= 11 is 0. The van der Waals surface area contributed by atoms with Crippen molar-refractivity contribution in [3.8, 4) is 0 Å². The summed E-state index contributed by atoms with van der Waals surface area (Å²) < 4.78 is 0. The quantitative estimate of drug-likeness (QED) is 0.656. The van der Waals surface area contributed by atoms with Crippen molar-refractivity contribution in [2.75, 3.05) is 10.6 Å². The second-order valence-corrected chi connectivity index (χ2v) is 4.49. The smallest absolute Gasteiger partial charge is 0.276 e. The molecule has 0 spiro atoms. The number of nitrogens with zero attached hydrogens (tertiary/aromatic N) is 3. The van der Waals surface area contributed by atoms with Crippen LogP contribution in [0.15, 0.2) is 36.4 Å². The maximum absolute atomic E-state index is 10.8. The molecule has 0 bridgehead atoms. The molecule has 2 heterocycles. The van der Waals surface area contributed by atoms with E-state index < -0.39 is 4.92 Å². The molecule has 0 unspecified atom stereocenters. The van der Waals surface area contributed by atoms with Gasteiger partial charge in [-0.05, 0) is 11.1 Å². The third kappa shape index (κ3) is 2.08. The van der Waals surface area contributed by atoms with Crippen LogP contribution in [0.3, 0.4) is 0 Å². The van der Waals surface area contributed by atoms with E-state index >= 15 is 0 Å². The fourth-order valence-electron chi connectivity index (χ4n) is 2.28. The second kappa shape index (κ2) is 4.24. The number of hydrogen-bond acceptors (Lipinski definition) is 5. The zero-order valence-electron chi connectivity index (χ0n) is 10.1. The molecule has 1 aromatic heterocycles. The zero-order valence-corrected chi connectivity index (χ0v) is 10.1. The predicted octanol–water partition coefficient (Wildman–Crippen LogP) is 2.09. The summed E-state index contributed by atoms with van der Waals surface area (Å²) in [7, 11) is 0. The van der Waals surface area contributed by atoms with Crippen molar-refractivity contribution in [3.05, 3.63) is 57.6 Å². The third-order valence-corrected chi connectivity index (χ3v) is 3.19. The number of aromatic nitrogens is 1. The maximum Gasteiger partial charge on any atom is 0.276 e. The van der Waals surface area contributed by atoms with Crippen LogP contribution in [0.25, 0.3) is 0 Å². The minimum Gasteiger partial charge on any atom is -0.383 e. The van der Waals surface area contributed by atoms with Gasteiger partial charge in [0.15, 0.2) is 0 Å². The number of anilines is 2. The highest BCUT2D eigenvalue weighted by Crippen LogP contribution is 2.29. The minimum atomic E-state index is -0.454. The lowest BCUT2D eigenvalue weighted by Gasteiger charge is -2.16. The fourth-order valence-corrected chi connectivity index (χ4v) is 2.28. The lowest BCUT2D eigenvalue weighted by Crippen LogP contribution is -2.16. The van der Waals surface area contributed by atoms with E-state index in [9.17, 15) is 10.1 Å². The van der Waals surface area contributed by atoms with Gasteiger partial charge in [-0.25, -0.2) is 4.98 Å². The molecule has 3 rings (SSSR count). The minimum absolute atomic E-state index is 0.0292. The molecule has 0 aliphatic carbocycles. The summed E-state index contributed by atoms with van der Waals surface area (Å²) in [5, 5.41) is 10.8. The van der Waals surface area contributed by atoms with Crippen LogP contribution in [0.1, 0.15) is 11.1 Å². The van der Waals surface area contributed by atoms with E-state index in [4.69, 9.17) is 5.73 Å². The Kier molecular flexibility index (Phi) is 2.56. The molecule has 19 heavy (non-hydrogen) atoms. The largest absolute Gasteiger partial charge is 0.383 e. The SMILES string of the molecule is Nc1cc([N+](=O)[O-])cc(N2Cc3ccccc3C2)n1. The first-order chi connectivity index (χ1) is 9.13. The first kappa shape index (κ1) is 11.5. The monoisotopic (exact) mass is 256 g/mol. The van der Waals surface area contributed by atoms with Gasteiger partial charge >= 0.3 is 0 Å². The summed E-state index contributed by atoms with van der Waals surface area (Å²) in [5.41, 5.74) is 8.03. The molecule has 6 heteroatoms. The summed E-state index contributed by atoms with van der Waals surface area (Å²) in [6.45, 7) is 1.40. The highest BCUT2D eigenvalue weighted by molar-refractivity contribution is 5.56. The molecular formula is C13H12N4O2. The van der Waals surface area contributed by atoms with E-state index in [0.717, 1.165) is 0 Å². The number of pyridine rings is 1. The molecule has 0 saturated heterocycles. The van der Waals surface area contributed by atoms with E-state index in [-0.39, 0.29) is 11.5 Å². The van der Waals surface area contributed by atoms with Gasteiger partial charge in [0.1, 0.15) is 11.6 Å². The average molecular weight is 256 g/mol. The molecule has 0 saturated carbocycles. The van der Waals surface area contributed by atoms with Crippen LogP contribution in [0.2, 0.25) is 0 Å². The number of nitrogen functional groups attached to an aromatic ring is 1. The molecular weight excluding hydrogens is 244 g/mol. The summed E-state index contributed by atoms with van der Waals surface area (Å²) in [6, 6.07) is 10.8. The molecule has 96 valence electrons. The van der Waals surface area contributed by atoms with Crippen molar-refractivity contribution < 1.29 is 4.92 Å². The Morgan fingerprint density at radius 2 is 1.84 bits per heavy atom. The topological polar surface area (TPSA) is 85.3 Å². The number of nitrogens with two attached hydrogens (primary N) is 1. The van der Waals surface area contributed by atoms with Gasteiger partial charge in [0, 0.05) is 13.1 Å². The van der Waals surface area contributed by atoms with Crippen molar-refractivity contribution in [3.63, 3.8) is 0 Å². The molecule has 1 aliphatic rings. The standard InChI is InChI=1S/C13H12N4O2/c14-12-5-11(17(18)19)6-13(15-12)16-7-9-3-1-2-4-10(9)8-16/h1-6H,7-8H2,(H2,14,15). The Bertz CT molecular complexity index is 632. The molecule has 1 aromatic carbocycles. The zero-order chi connectivity index (χ0) is 13.4. The van der Waals surface area contributed by atoms with Gasteiger partial charge < -0.3 is 10.6 Å². The number of rotatable bonds is 2. The molecule has 0 amide bonds. The van der Waals surface area contributed by atoms with Crippen molar-refractivity contribution >= 4 is 17.3 Å². The van der Waals surface area contributed by atoms with E-state index in [2.05, 4.69) is 17.1 Å². The van der Waals surface area contributed by atoms with E-state index in [1.54, 1.807) is 0 Å². The number of nitro groups is 1. The highest BCUT2D eigenvalue weighted by Gasteiger charge is 2.21. The van der Waals surface area contributed by atoms with Gasteiger partial charge in [0.2, 0.25) is 0 Å². The molecule has 6 nitrogen and oxygen atoms in total. The van der Waals surface area contributed by atoms with Gasteiger partial charge in [-0.1, -0.05) is 24.3 Å². The van der Waals surface area contributed by atoms with Crippen LogP contribution in [0.5, 0.6) is 0 Å². The Balaban J connectivity index is 1.95. The van der Waals surface area contributed by atoms with Gasteiger partial charge in [0.25, 0.3) is 5.69 Å². The van der Waals surface area contributed by atoms with Crippen molar-refractivity contribution in [2.24, 2.45) is 0 Å². The van der Waals surface area contributed by atoms with Crippen molar-refractivity contribution in [1.82, 2.24) is 4.98 Å². The third-order valence-electron chi connectivity index (χ3n) is 3.19. The van der Waals surface area contributed by atoms with Crippen LogP contribution in [0.4, 0.5) is 17.3 Å². The Morgan fingerprint density at radius 1 is 1.21 bits per heavy atom. The van der Waals surface area contributed by atoms with Crippen molar-refractivity contribution in [2.45, 2.75) is 13.1 Å². The second-order valence-electron chi connectivity index (χ2n) is 4.49. The van der Waals surface area contributed by atoms with Crippen LogP contribution >= 0.6 is 0 Å². The molecule has 1 aliphatic heterocycles. The summed E-state index contributed by atoms with van der Waals surface area (Å²) in [5.74, 6) is 0.711. The molecule has 2 N–H and O–H groups in total. The average Bonchev–Trinajstić information content (AvgIpc) is 2.81. The number of hydrogen-bond donors (Lipinski definition) is 1. The van der Waals surface area contributed by atoms with E-state index in [1.165, 1.54) is 23.3 Å². The first-order valence-electron chi connectivity index (χ1n) is 5.87. The Labute approximate surface area is 109 Å². The highest BCUT2D eigenvalue weighted by atomic mass is 16.6. The number of fused-ring (bicyclic) bond motifs is 1. The van der Waals surface area contributed by atoms with Crippen LogP contribution in [0, 0.1) is 10.1 Å². The predicted molar refractivity (Wildman–Crippen MR) is 71.6 cm³/mol. The Hall–Kier alpha value is -2.63. The number of benzene rings is 1. The van der Waals surface area contributed by atoms with Crippen molar-refractivity contribution in [1.29, 1.82) is 0 Å². The normalized spacial score (nSPS) is 13.4. The van der Waals surface area contributed by atoms with Gasteiger partial charge in [-0.15, -0.1) is 0 Å². The van der Waals surface area contributed by atoms with Gasteiger partial charge in [0.05, 0.1) is 17.1 Å². The molecule has 0 radical (unpaired) electrons. The fraction of sp³-hybridized carbons (Fsp3) is 0.154. The Morgan fingerprint density at radius 3 is 2.42 bits per heavy atom. The molecule has 0 fully saturated rings. The van der Waals surface area contributed by atoms with E-state index in [1.807, 2.05) is 17.0 Å². The lowest BCUT2D eigenvalue weighted by molar-refractivity contribution is -0.384. The van der Waals surface area contributed by atoms with Crippen LogP contribution in [-0.2, 0) is 13.1 Å². The van der Waals surface area contributed by atoms with Gasteiger partial charge in [-0.2, -0.15) is 0 Å². The summed E-state index contributed by atoms with van der Waals surface area (Å²) in [6.07, 6.45) is 0. The van der Waals surface area contributed by atoms with Gasteiger partial charge in [-0.3, -0.25) is 10.1 Å². The summed E-state index contributed by atoms with van der Waals surface area (Å²) in [4.78, 5) is 16.5. The van der Waals surface area contributed by atoms with Crippen LogP contribution < -0.4 is 10.6 Å². The first-order valence-corrected chi connectivity index (χ1v) is 5.87. The lowest BCUT2D eigenvalue weighted by atomic mass is 10.1. The van der Waals surface area contributed by atoms with Crippen LogP contribution in [-0.4, -0.2) is 9.91 Å². The van der Waals surface area contributed by atoms with E-state index in [0.29, 0.717) is 18.9 Å². The molecule has 2 aromatic rings. The maximum atomic E-state index is 10.8. The molecule has 0 atom stereocenters.